The van der Waals surface area contributed by atoms with Gasteiger partial charge in [0.25, 0.3) is 0 Å². The number of thiocarbonyl (C=S) groups is 1. The van der Waals surface area contributed by atoms with Crippen LogP contribution in [0, 0.1) is 0 Å². The van der Waals surface area contributed by atoms with Crippen LogP contribution in [0.15, 0.2) is 96.1 Å². The summed E-state index contributed by atoms with van der Waals surface area (Å²) in [6, 6.07) is 24.2. The molecule has 0 fully saturated rings. The van der Waals surface area contributed by atoms with Gasteiger partial charge in [-0.05, 0) is 97.1 Å². The van der Waals surface area contributed by atoms with Crippen molar-refractivity contribution in [3.05, 3.63) is 118 Å². The number of hydrogen-bond donors (Lipinski definition) is 2. The van der Waals surface area contributed by atoms with E-state index in [-0.39, 0.29) is 22.2 Å². The van der Waals surface area contributed by atoms with E-state index in [1.807, 2.05) is 0 Å². The molecule has 0 unspecified atom stereocenters. The highest BCUT2D eigenvalue weighted by molar-refractivity contribution is 7.80. The van der Waals surface area contributed by atoms with Crippen molar-refractivity contribution in [2.24, 2.45) is 5.10 Å². The van der Waals surface area contributed by atoms with E-state index in [1.165, 1.54) is 24.4 Å². The molecule has 0 heterocycles. The molecule has 0 aromatic heterocycles. The van der Waals surface area contributed by atoms with E-state index in [4.69, 9.17) is 49.6 Å². The van der Waals surface area contributed by atoms with Gasteiger partial charge in [0.1, 0.15) is 17.2 Å². The number of nitrogens with zero attached hydrogens (tertiary/aromatic N) is 1. The van der Waals surface area contributed by atoms with Gasteiger partial charge in [0.2, 0.25) is 0 Å². The standard InChI is InChI=1S/C29H21Cl2N3O5S/c1-37-24-14-11-23(12-15-24)33-29(40)34-32-17-20-6-13-25(38-27(35)18-2-7-21(30)8-3-18)16-26(20)39-28(36)19-4-9-22(31)10-5-19/h2-17H,1H3,(H2,33,34,40)/b32-17+. The van der Waals surface area contributed by atoms with E-state index in [2.05, 4.69) is 15.8 Å². The first-order valence-electron chi connectivity index (χ1n) is 11.6. The number of methoxy groups -OCH3 is 1. The minimum Gasteiger partial charge on any atom is -0.497 e. The number of carbonyl (C=O) groups excluding carboxylic acids is 2. The fourth-order valence-corrected chi connectivity index (χ4v) is 3.69. The Balaban J connectivity index is 1.51. The minimum atomic E-state index is -0.642. The number of ether oxygens (including phenoxy) is 3. The van der Waals surface area contributed by atoms with Crippen LogP contribution in [0.1, 0.15) is 26.3 Å². The Morgan fingerprint density at radius 2 is 1.32 bits per heavy atom. The average molecular weight is 594 g/mol. The predicted octanol–water partition coefficient (Wildman–Crippen LogP) is 6.76. The van der Waals surface area contributed by atoms with Gasteiger partial charge in [-0.2, -0.15) is 5.10 Å². The Bertz CT molecular complexity index is 1540. The summed E-state index contributed by atoms with van der Waals surface area (Å²) >= 11 is 17.1. The summed E-state index contributed by atoms with van der Waals surface area (Å²) in [5.74, 6) is -0.283. The van der Waals surface area contributed by atoms with Crippen LogP contribution in [0.3, 0.4) is 0 Å². The first-order chi connectivity index (χ1) is 19.3. The lowest BCUT2D eigenvalue weighted by molar-refractivity contribution is 0.0732. The van der Waals surface area contributed by atoms with Gasteiger partial charge in [-0.1, -0.05) is 23.2 Å². The number of hydrogen-bond acceptors (Lipinski definition) is 7. The molecule has 4 aromatic rings. The molecule has 0 saturated heterocycles. The molecule has 8 nitrogen and oxygen atoms in total. The van der Waals surface area contributed by atoms with Crippen LogP contribution in [0.2, 0.25) is 10.0 Å². The van der Waals surface area contributed by atoms with E-state index >= 15 is 0 Å². The third-order valence-corrected chi connectivity index (χ3v) is 5.97. The SMILES string of the molecule is COc1ccc(NC(=S)N/N=C/c2ccc(OC(=O)c3ccc(Cl)cc3)cc2OC(=O)c2ccc(Cl)cc2)cc1. The van der Waals surface area contributed by atoms with Crippen LogP contribution in [0.25, 0.3) is 0 Å². The second-order valence-electron chi connectivity index (χ2n) is 8.05. The molecule has 202 valence electrons. The van der Waals surface area contributed by atoms with Gasteiger partial charge in [-0.25, -0.2) is 9.59 Å². The van der Waals surface area contributed by atoms with Crippen LogP contribution in [-0.4, -0.2) is 30.4 Å². The van der Waals surface area contributed by atoms with Gasteiger partial charge in [0.05, 0.1) is 24.5 Å². The van der Waals surface area contributed by atoms with Crippen molar-refractivity contribution in [3.63, 3.8) is 0 Å². The zero-order valence-electron chi connectivity index (χ0n) is 20.9. The van der Waals surface area contributed by atoms with Crippen molar-refractivity contribution >= 4 is 64.4 Å². The number of carbonyl (C=O) groups is 2. The number of esters is 2. The quantitative estimate of drug-likeness (QED) is 0.0760. The molecule has 11 heteroatoms. The topological polar surface area (TPSA) is 98.2 Å². The number of rotatable bonds is 8. The molecule has 2 N–H and O–H groups in total. The Morgan fingerprint density at radius 1 is 0.775 bits per heavy atom. The number of nitrogens with one attached hydrogen (secondary N) is 2. The lowest BCUT2D eigenvalue weighted by Crippen LogP contribution is -2.23. The summed E-state index contributed by atoms with van der Waals surface area (Å²) in [6.07, 6.45) is 1.41. The van der Waals surface area contributed by atoms with E-state index < -0.39 is 11.9 Å². The van der Waals surface area contributed by atoms with E-state index in [1.54, 1.807) is 79.9 Å². The van der Waals surface area contributed by atoms with Crippen molar-refractivity contribution in [2.45, 2.75) is 0 Å². The maximum absolute atomic E-state index is 12.8. The van der Waals surface area contributed by atoms with Crippen molar-refractivity contribution in [3.8, 4) is 17.2 Å². The number of benzene rings is 4. The molecule has 0 spiro atoms. The molecule has 0 aliphatic carbocycles. The van der Waals surface area contributed by atoms with Gasteiger partial charge in [0.15, 0.2) is 5.11 Å². The van der Waals surface area contributed by atoms with Crippen LogP contribution in [0.5, 0.6) is 17.2 Å². The molecule has 40 heavy (non-hydrogen) atoms. The van der Waals surface area contributed by atoms with Crippen molar-refractivity contribution in [1.82, 2.24) is 5.43 Å². The Labute approximate surface area is 245 Å². The van der Waals surface area contributed by atoms with Gasteiger partial charge >= 0.3 is 11.9 Å². The Morgan fingerprint density at radius 3 is 1.90 bits per heavy atom. The summed E-state index contributed by atoms with van der Waals surface area (Å²) in [5, 5.41) is 8.33. The third-order valence-electron chi connectivity index (χ3n) is 5.28. The second-order valence-corrected chi connectivity index (χ2v) is 9.33. The zero-order valence-corrected chi connectivity index (χ0v) is 23.2. The molecule has 0 aliphatic heterocycles. The molecule has 4 rings (SSSR count). The molecule has 0 saturated carbocycles. The zero-order chi connectivity index (χ0) is 28.5. The lowest BCUT2D eigenvalue weighted by atomic mass is 10.2. The highest BCUT2D eigenvalue weighted by Crippen LogP contribution is 2.26. The van der Waals surface area contributed by atoms with E-state index in [0.717, 1.165) is 5.69 Å². The molecule has 0 aliphatic rings. The monoisotopic (exact) mass is 593 g/mol. The molecule has 0 bridgehead atoms. The highest BCUT2D eigenvalue weighted by atomic mass is 35.5. The number of halogens is 2. The highest BCUT2D eigenvalue weighted by Gasteiger charge is 2.15. The molecular weight excluding hydrogens is 573 g/mol. The first kappa shape index (κ1) is 28.6. The molecule has 0 amide bonds. The van der Waals surface area contributed by atoms with E-state index in [9.17, 15) is 9.59 Å². The third kappa shape index (κ3) is 8.03. The van der Waals surface area contributed by atoms with Gasteiger partial charge < -0.3 is 19.5 Å². The smallest absolute Gasteiger partial charge is 0.343 e. The second kappa shape index (κ2) is 13.6. The average Bonchev–Trinajstić information content (AvgIpc) is 2.95. The van der Waals surface area contributed by atoms with Gasteiger partial charge in [-0.15, -0.1) is 0 Å². The summed E-state index contributed by atoms with van der Waals surface area (Å²) < 4.78 is 16.2. The fraction of sp³-hybridized carbons (Fsp3) is 0.0345. The maximum Gasteiger partial charge on any atom is 0.343 e. The summed E-state index contributed by atoms with van der Waals surface area (Å²) in [7, 11) is 1.58. The molecule has 0 atom stereocenters. The first-order valence-corrected chi connectivity index (χ1v) is 12.8. The molecule has 4 aromatic carbocycles. The fourth-order valence-electron chi connectivity index (χ4n) is 3.26. The summed E-state index contributed by atoms with van der Waals surface area (Å²) in [5.41, 5.74) is 4.43. The van der Waals surface area contributed by atoms with Crippen molar-refractivity contribution < 1.29 is 23.8 Å². The lowest BCUT2D eigenvalue weighted by Gasteiger charge is -2.11. The Hall–Kier alpha value is -4.44. The van der Waals surface area contributed by atoms with E-state index in [0.29, 0.717) is 26.9 Å². The minimum absolute atomic E-state index is 0.0981. The van der Waals surface area contributed by atoms with Gasteiger partial charge in [0, 0.05) is 27.4 Å². The van der Waals surface area contributed by atoms with Crippen LogP contribution in [-0.2, 0) is 0 Å². The number of anilines is 1. The Kier molecular flexibility index (Phi) is 9.69. The van der Waals surface area contributed by atoms with Crippen LogP contribution in [0.4, 0.5) is 5.69 Å². The molecular formula is C29H21Cl2N3O5S. The van der Waals surface area contributed by atoms with Crippen LogP contribution >= 0.6 is 35.4 Å². The maximum atomic E-state index is 12.8. The van der Waals surface area contributed by atoms with Gasteiger partial charge in [-0.3, -0.25) is 5.43 Å². The largest absolute Gasteiger partial charge is 0.497 e. The number of hydrazone groups is 1. The van der Waals surface area contributed by atoms with Crippen molar-refractivity contribution in [1.29, 1.82) is 0 Å². The summed E-state index contributed by atoms with van der Waals surface area (Å²) in [4.78, 5) is 25.4. The van der Waals surface area contributed by atoms with Crippen molar-refractivity contribution in [2.75, 3.05) is 12.4 Å². The normalized spacial score (nSPS) is 10.6. The van der Waals surface area contributed by atoms with Crippen LogP contribution < -0.4 is 25.0 Å². The summed E-state index contributed by atoms with van der Waals surface area (Å²) in [6.45, 7) is 0. The predicted molar refractivity (Wildman–Crippen MR) is 159 cm³/mol. The molecule has 0 radical (unpaired) electrons.